The molecule has 1 aromatic heterocycles. The van der Waals surface area contributed by atoms with Crippen LogP contribution < -0.4 is 0 Å². The van der Waals surface area contributed by atoms with Crippen LogP contribution in [0.15, 0.2) is 12.4 Å². The topological polar surface area (TPSA) is 72.4 Å². The van der Waals surface area contributed by atoms with Crippen LogP contribution in [-0.4, -0.2) is 46.4 Å². The number of ether oxygens (including phenoxy) is 1. The van der Waals surface area contributed by atoms with Crippen LogP contribution in [0, 0.1) is 17.3 Å². The monoisotopic (exact) mass is 397 g/mol. The van der Waals surface area contributed by atoms with Crippen molar-refractivity contribution >= 4 is 11.9 Å². The van der Waals surface area contributed by atoms with Gasteiger partial charge in [0.15, 0.2) is 0 Å². The molecule has 28 heavy (non-hydrogen) atoms. The zero-order valence-electron chi connectivity index (χ0n) is 15.4. The van der Waals surface area contributed by atoms with Crippen LogP contribution in [0.25, 0.3) is 0 Å². The van der Waals surface area contributed by atoms with E-state index in [0.29, 0.717) is 43.8 Å². The number of alkyl halides is 3. The summed E-state index contributed by atoms with van der Waals surface area (Å²) in [4.78, 5) is 32.0. The molecule has 4 rings (SSSR count). The second-order valence-corrected chi connectivity index (χ2v) is 8.43. The van der Waals surface area contributed by atoms with Gasteiger partial charge < -0.3 is 9.64 Å². The van der Waals surface area contributed by atoms with Gasteiger partial charge in [-0.15, -0.1) is 0 Å². The Morgan fingerprint density at radius 2 is 1.89 bits per heavy atom. The van der Waals surface area contributed by atoms with Crippen molar-refractivity contribution in [3.8, 4) is 0 Å². The van der Waals surface area contributed by atoms with E-state index < -0.39 is 12.0 Å². The number of amides is 1. The molecule has 0 unspecified atom stereocenters. The largest absolute Gasteiger partial charge is 0.465 e. The minimum atomic E-state index is -4.51. The number of cyclic esters (lactones) is 1. The maximum atomic E-state index is 12.5. The lowest BCUT2D eigenvalue weighted by Gasteiger charge is -2.59. The Bertz CT molecular complexity index is 752. The molecule has 1 aromatic rings. The third-order valence-electron chi connectivity index (χ3n) is 6.03. The van der Waals surface area contributed by atoms with Gasteiger partial charge in [-0.3, -0.25) is 9.59 Å². The molecule has 0 radical (unpaired) electrons. The number of carbonyl (C=O) groups is 2. The Labute approximate surface area is 160 Å². The first-order chi connectivity index (χ1) is 13.2. The van der Waals surface area contributed by atoms with Crippen molar-refractivity contribution < 1.29 is 27.5 Å². The van der Waals surface area contributed by atoms with Crippen molar-refractivity contribution in [2.45, 2.75) is 44.7 Å². The first-order valence-electron chi connectivity index (χ1n) is 9.54. The second-order valence-electron chi connectivity index (χ2n) is 8.43. The van der Waals surface area contributed by atoms with E-state index in [0.717, 1.165) is 25.9 Å². The lowest BCUT2D eigenvalue weighted by atomic mass is 9.56. The maximum Gasteiger partial charge on any atom is 0.451 e. The number of esters is 1. The zero-order chi connectivity index (χ0) is 19.9. The van der Waals surface area contributed by atoms with Crippen LogP contribution in [0.2, 0.25) is 0 Å². The molecule has 1 spiro atoms. The van der Waals surface area contributed by atoms with Crippen molar-refractivity contribution in [1.82, 2.24) is 14.9 Å². The van der Waals surface area contributed by atoms with Crippen LogP contribution in [0.5, 0.6) is 0 Å². The van der Waals surface area contributed by atoms with E-state index in [4.69, 9.17) is 4.74 Å². The Kier molecular flexibility index (Phi) is 4.79. The molecule has 0 N–H and O–H groups in total. The predicted molar refractivity (Wildman–Crippen MR) is 90.8 cm³/mol. The van der Waals surface area contributed by atoms with Crippen LogP contribution >= 0.6 is 0 Å². The molecule has 1 atom stereocenters. The molecule has 1 aliphatic carbocycles. The Morgan fingerprint density at radius 1 is 1.21 bits per heavy atom. The highest BCUT2D eigenvalue weighted by atomic mass is 19.4. The quantitative estimate of drug-likeness (QED) is 0.715. The first-order valence-corrected chi connectivity index (χ1v) is 9.54. The first kappa shape index (κ1) is 19.1. The fourth-order valence-electron chi connectivity index (χ4n) is 4.68. The van der Waals surface area contributed by atoms with Gasteiger partial charge in [-0.2, -0.15) is 13.2 Å². The van der Waals surface area contributed by atoms with Crippen molar-refractivity contribution in [2.75, 3.05) is 19.7 Å². The number of nitrogens with zero attached hydrogens (tertiary/aromatic N) is 3. The predicted octanol–water partition coefficient (Wildman–Crippen LogP) is 2.62. The fourth-order valence-corrected chi connectivity index (χ4v) is 4.68. The smallest absolute Gasteiger partial charge is 0.451 e. The zero-order valence-corrected chi connectivity index (χ0v) is 15.4. The highest BCUT2D eigenvalue weighted by Crippen LogP contribution is 2.53. The van der Waals surface area contributed by atoms with Gasteiger partial charge in [0, 0.05) is 43.2 Å². The number of halogens is 3. The summed E-state index contributed by atoms with van der Waals surface area (Å²) >= 11 is 0. The van der Waals surface area contributed by atoms with E-state index in [1.165, 1.54) is 12.4 Å². The van der Waals surface area contributed by atoms with E-state index in [2.05, 4.69) is 9.97 Å². The molecule has 152 valence electrons. The Hall–Kier alpha value is -2.19. The normalized spacial score (nSPS) is 24.0. The number of aromatic nitrogens is 2. The third-order valence-corrected chi connectivity index (χ3v) is 6.03. The molecule has 1 saturated carbocycles. The van der Waals surface area contributed by atoms with Crippen LogP contribution in [0.3, 0.4) is 0 Å². The summed E-state index contributed by atoms with van der Waals surface area (Å²) in [7, 11) is 0. The molecular weight excluding hydrogens is 375 g/mol. The summed E-state index contributed by atoms with van der Waals surface area (Å²) in [5.41, 5.74) is 0.896. The molecule has 0 bridgehead atoms. The van der Waals surface area contributed by atoms with E-state index in [1.807, 2.05) is 4.90 Å². The van der Waals surface area contributed by atoms with Gasteiger partial charge in [0.1, 0.15) is 0 Å². The van der Waals surface area contributed by atoms with E-state index in [-0.39, 0.29) is 23.2 Å². The van der Waals surface area contributed by atoms with Gasteiger partial charge in [-0.25, -0.2) is 9.97 Å². The van der Waals surface area contributed by atoms with Gasteiger partial charge in [0.05, 0.1) is 13.0 Å². The molecule has 3 aliphatic rings. The summed E-state index contributed by atoms with van der Waals surface area (Å²) in [6.45, 7) is 1.93. The average molecular weight is 397 g/mol. The average Bonchev–Trinajstić information content (AvgIpc) is 2.98. The minimum Gasteiger partial charge on any atom is -0.465 e. The molecule has 3 heterocycles. The molecule has 2 aliphatic heterocycles. The molecular formula is C19H22F3N3O3. The lowest BCUT2D eigenvalue weighted by molar-refractivity contribution is -0.155. The van der Waals surface area contributed by atoms with Crippen molar-refractivity contribution in [3.05, 3.63) is 23.8 Å². The Morgan fingerprint density at radius 3 is 2.46 bits per heavy atom. The standard InChI is InChI=1S/C19H22F3N3O3/c20-19(21,22)17-23-7-14(8-24-17)3-13-5-18(6-13)10-25(11-18)15(26)2-1-12-4-16(27)28-9-12/h7-8,12-13H,1-6,9-11H2/t12-/m0/s1. The molecule has 9 heteroatoms. The highest BCUT2D eigenvalue weighted by molar-refractivity contribution is 5.77. The number of likely N-dealkylation sites (tertiary alicyclic amines) is 1. The molecule has 3 fully saturated rings. The third kappa shape index (κ3) is 3.98. The van der Waals surface area contributed by atoms with Gasteiger partial charge in [0.25, 0.3) is 0 Å². The molecule has 0 aromatic carbocycles. The van der Waals surface area contributed by atoms with Gasteiger partial charge in [0.2, 0.25) is 11.7 Å². The van der Waals surface area contributed by atoms with E-state index >= 15 is 0 Å². The summed E-state index contributed by atoms with van der Waals surface area (Å²) in [6.07, 6.45) is 2.17. The molecule has 6 nitrogen and oxygen atoms in total. The second kappa shape index (κ2) is 7.00. The summed E-state index contributed by atoms with van der Waals surface area (Å²) in [6, 6.07) is 0. The van der Waals surface area contributed by atoms with E-state index in [9.17, 15) is 22.8 Å². The summed E-state index contributed by atoms with van der Waals surface area (Å²) in [5.74, 6) is -0.600. The van der Waals surface area contributed by atoms with Crippen LogP contribution in [0.1, 0.15) is 43.5 Å². The van der Waals surface area contributed by atoms with Crippen LogP contribution in [-0.2, 0) is 26.9 Å². The molecule has 1 amide bonds. The minimum absolute atomic E-state index is 0.129. The summed E-state index contributed by atoms with van der Waals surface area (Å²) in [5, 5.41) is 0. The van der Waals surface area contributed by atoms with Gasteiger partial charge in [-0.1, -0.05) is 0 Å². The summed E-state index contributed by atoms with van der Waals surface area (Å²) < 4.78 is 42.4. The van der Waals surface area contributed by atoms with Gasteiger partial charge in [-0.05, 0) is 37.2 Å². The number of hydrogen-bond acceptors (Lipinski definition) is 5. The SMILES string of the molecule is O=C1C[C@H](CCC(=O)N2CC3(CC(Cc4cnc(C(F)(F)F)nc4)C3)C2)CO1. The maximum absolute atomic E-state index is 12.5. The lowest BCUT2D eigenvalue weighted by Crippen LogP contribution is -2.63. The van der Waals surface area contributed by atoms with E-state index in [1.54, 1.807) is 0 Å². The highest BCUT2D eigenvalue weighted by Gasteiger charge is 2.53. The molecule has 2 saturated heterocycles. The number of hydrogen-bond donors (Lipinski definition) is 0. The van der Waals surface area contributed by atoms with Crippen molar-refractivity contribution in [2.24, 2.45) is 17.3 Å². The van der Waals surface area contributed by atoms with Gasteiger partial charge >= 0.3 is 12.1 Å². The van der Waals surface area contributed by atoms with Crippen LogP contribution in [0.4, 0.5) is 13.2 Å². The van der Waals surface area contributed by atoms with Crippen molar-refractivity contribution in [3.63, 3.8) is 0 Å². The van der Waals surface area contributed by atoms with Crippen molar-refractivity contribution in [1.29, 1.82) is 0 Å². The number of carbonyl (C=O) groups excluding carboxylic acids is 2. The fraction of sp³-hybridized carbons (Fsp3) is 0.684. The number of rotatable bonds is 5. The Balaban J connectivity index is 1.17.